The average molecular weight is 314 g/mol. The molecule has 0 saturated heterocycles. The number of anilines is 1. The van der Waals surface area contributed by atoms with Crippen LogP contribution in [0.3, 0.4) is 0 Å². The molecule has 0 aliphatic heterocycles. The Hall–Kier alpha value is -1.37. The number of hydrogen-bond donors (Lipinski definition) is 3. The monoisotopic (exact) mass is 313 g/mol. The molecule has 0 aromatic carbocycles. The Kier molecular flexibility index (Phi) is 6.87. The van der Waals surface area contributed by atoms with Crippen molar-refractivity contribution in [3.05, 3.63) is 22.8 Å². The van der Waals surface area contributed by atoms with Crippen molar-refractivity contribution in [1.82, 2.24) is 15.2 Å². The Bertz CT molecular complexity index is 470. The van der Waals surface area contributed by atoms with Crippen LogP contribution in [0.25, 0.3) is 0 Å². The lowest BCUT2D eigenvalue weighted by Gasteiger charge is -2.30. The highest BCUT2D eigenvalue weighted by atomic mass is 35.5. The zero-order chi connectivity index (χ0) is 16.0. The van der Waals surface area contributed by atoms with Gasteiger partial charge in [-0.1, -0.05) is 11.6 Å². The molecule has 0 spiro atoms. The van der Waals surface area contributed by atoms with Crippen LogP contribution in [-0.2, 0) is 0 Å². The molecular weight excluding hydrogens is 290 g/mol. The third-order valence-electron chi connectivity index (χ3n) is 3.19. The van der Waals surface area contributed by atoms with Gasteiger partial charge in [0.1, 0.15) is 11.0 Å². The largest absolute Gasteiger partial charge is 0.351 e. The summed E-state index contributed by atoms with van der Waals surface area (Å²) in [6.07, 6.45) is 0. The molecule has 1 heterocycles. The molecule has 0 aliphatic carbocycles. The maximum atomic E-state index is 12.1. The summed E-state index contributed by atoms with van der Waals surface area (Å²) in [5, 5.41) is 3.11. The molecule has 0 radical (unpaired) electrons. The first kappa shape index (κ1) is 17.7. The van der Waals surface area contributed by atoms with Gasteiger partial charge in [0.25, 0.3) is 5.91 Å². The summed E-state index contributed by atoms with van der Waals surface area (Å²) >= 11 is 5.85. The summed E-state index contributed by atoms with van der Waals surface area (Å²) in [7, 11) is 0. The maximum absolute atomic E-state index is 12.1. The minimum atomic E-state index is -0.191. The number of halogens is 1. The Morgan fingerprint density at radius 2 is 1.95 bits per heavy atom. The molecule has 1 rings (SSSR count). The zero-order valence-electron chi connectivity index (χ0n) is 13.0. The number of carbonyl (C=O) groups is 1. The lowest BCUT2D eigenvalue weighted by atomic mass is 10.2. The Labute approximate surface area is 131 Å². The van der Waals surface area contributed by atoms with Gasteiger partial charge in [-0.2, -0.15) is 0 Å². The third kappa shape index (κ3) is 5.49. The van der Waals surface area contributed by atoms with Crippen molar-refractivity contribution in [2.75, 3.05) is 18.5 Å². The molecule has 1 aromatic heterocycles. The fourth-order valence-corrected chi connectivity index (χ4v) is 2.42. The third-order valence-corrected chi connectivity index (χ3v) is 3.38. The van der Waals surface area contributed by atoms with E-state index in [2.05, 4.69) is 48.3 Å². The van der Waals surface area contributed by atoms with Crippen molar-refractivity contribution in [3.63, 3.8) is 0 Å². The summed E-state index contributed by atoms with van der Waals surface area (Å²) in [4.78, 5) is 18.3. The highest BCUT2D eigenvalue weighted by molar-refractivity contribution is 6.29. The Morgan fingerprint density at radius 3 is 2.48 bits per heavy atom. The molecule has 7 heteroatoms. The van der Waals surface area contributed by atoms with E-state index in [1.54, 1.807) is 6.07 Å². The first-order valence-corrected chi connectivity index (χ1v) is 7.41. The van der Waals surface area contributed by atoms with E-state index in [1.165, 1.54) is 6.07 Å². The molecule has 0 aliphatic rings. The topological polar surface area (TPSA) is 83.3 Å². The molecule has 4 N–H and O–H groups in total. The van der Waals surface area contributed by atoms with Gasteiger partial charge in [0, 0.05) is 30.7 Å². The number of rotatable bonds is 7. The Morgan fingerprint density at radius 1 is 1.33 bits per heavy atom. The van der Waals surface area contributed by atoms with Crippen LogP contribution in [0, 0.1) is 0 Å². The van der Waals surface area contributed by atoms with Crippen molar-refractivity contribution in [2.24, 2.45) is 5.84 Å². The number of hydrogen-bond acceptors (Lipinski definition) is 5. The number of aromatic nitrogens is 1. The molecule has 0 unspecified atom stereocenters. The molecule has 118 valence electrons. The molecule has 21 heavy (non-hydrogen) atoms. The molecule has 0 bridgehead atoms. The van der Waals surface area contributed by atoms with Crippen LogP contribution in [0.4, 0.5) is 5.82 Å². The lowest BCUT2D eigenvalue weighted by molar-refractivity contribution is 0.0939. The first-order chi connectivity index (χ1) is 9.85. The van der Waals surface area contributed by atoms with Gasteiger partial charge in [-0.05, 0) is 39.8 Å². The van der Waals surface area contributed by atoms with E-state index in [0.717, 1.165) is 6.54 Å². The van der Waals surface area contributed by atoms with Crippen LogP contribution in [0.1, 0.15) is 38.1 Å². The molecule has 6 nitrogen and oxygen atoms in total. The van der Waals surface area contributed by atoms with Gasteiger partial charge < -0.3 is 10.7 Å². The van der Waals surface area contributed by atoms with Gasteiger partial charge in [-0.3, -0.25) is 9.69 Å². The first-order valence-electron chi connectivity index (χ1n) is 7.03. The van der Waals surface area contributed by atoms with Crippen LogP contribution in [-0.4, -0.2) is 41.0 Å². The lowest BCUT2D eigenvalue weighted by Crippen LogP contribution is -2.42. The van der Waals surface area contributed by atoms with Crippen LogP contribution in [0.15, 0.2) is 12.1 Å². The number of hydrazine groups is 1. The van der Waals surface area contributed by atoms with Crippen molar-refractivity contribution in [1.29, 1.82) is 0 Å². The van der Waals surface area contributed by atoms with Gasteiger partial charge in [0.15, 0.2) is 0 Å². The molecule has 0 atom stereocenters. The van der Waals surface area contributed by atoms with E-state index in [9.17, 15) is 4.79 Å². The normalized spacial score (nSPS) is 11.3. The number of nitrogens with one attached hydrogen (secondary N) is 2. The summed E-state index contributed by atoms with van der Waals surface area (Å²) in [6.45, 7) is 9.93. The average Bonchev–Trinajstić information content (AvgIpc) is 2.41. The fraction of sp³-hybridized carbons (Fsp3) is 0.571. The van der Waals surface area contributed by atoms with E-state index in [4.69, 9.17) is 17.4 Å². The second-order valence-electron chi connectivity index (χ2n) is 5.39. The Balaban J connectivity index is 2.60. The van der Waals surface area contributed by atoms with E-state index in [0.29, 0.717) is 30.0 Å². The fourth-order valence-electron chi connectivity index (χ4n) is 2.22. The SMILES string of the molecule is CC(C)N(CCNC(=O)c1cc(Cl)nc(NN)c1)C(C)C. The highest BCUT2D eigenvalue weighted by Gasteiger charge is 2.14. The second-order valence-corrected chi connectivity index (χ2v) is 5.78. The van der Waals surface area contributed by atoms with Gasteiger partial charge in [0.05, 0.1) is 0 Å². The van der Waals surface area contributed by atoms with Crippen LogP contribution >= 0.6 is 11.6 Å². The van der Waals surface area contributed by atoms with Crippen LogP contribution in [0.2, 0.25) is 5.15 Å². The van der Waals surface area contributed by atoms with Crippen molar-refractivity contribution < 1.29 is 4.79 Å². The summed E-state index contributed by atoms with van der Waals surface area (Å²) in [5.74, 6) is 5.45. The predicted octanol–water partition coefficient (Wildman–Crippen LogP) is 1.87. The number of amides is 1. The van der Waals surface area contributed by atoms with E-state index < -0.39 is 0 Å². The van der Waals surface area contributed by atoms with Gasteiger partial charge in [-0.15, -0.1) is 0 Å². The quantitative estimate of drug-likeness (QED) is 0.406. The molecular formula is C14H24ClN5O. The highest BCUT2D eigenvalue weighted by Crippen LogP contribution is 2.13. The summed E-state index contributed by atoms with van der Waals surface area (Å²) < 4.78 is 0. The number of pyridine rings is 1. The minimum Gasteiger partial charge on any atom is -0.351 e. The minimum absolute atomic E-state index is 0.191. The van der Waals surface area contributed by atoms with Gasteiger partial charge in [-0.25, -0.2) is 10.8 Å². The molecule has 1 aromatic rings. The molecule has 0 fully saturated rings. The van der Waals surface area contributed by atoms with Gasteiger partial charge >= 0.3 is 0 Å². The zero-order valence-corrected chi connectivity index (χ0v) is 13.7. The van der Waals surface area contributed by atoms with Crippen molar-refractivity contribution in [3.8, 4) is 0 Å². The summed E-state index contributed by atoms with van der Waals surface area (Å²) in [5.41, 5.74) is 2.82. The maximum Gasteiger partial charge on any atom is 0.251 e. The summed E-state index contributed by atoms with van der Waals surface area (Å²) in [6, 6.07) is 3.94. The second kappa shape index (κ2) is 8.17. The number of nitrogens with zero attached hydrogens (tertiary/aromatic N) is 2. The standard InChI is InChI=1S/C14H24ClN5O/c1-9(2)20(10(3)4)6-5-17-14(21)11-7-12(15)18-13(8-11)19-16/h7-10H,5-6,16H2,1-4H3,(H,17,21)(H,18,19). The number of nitrogens with two attached hydrogens (primary N) is 1. The smallest absolute Gasteiger partial charge is 0.251 e. The van der Waals surface area contributed by atoms with Crippen molar-refractivity contribution >= 4 is 23.3 Å². The van der Waals surface area contributed by atoms with E-state index >= 15 is 0 Å². The number of carbonyl (C=O) groups excluding carboxylic acids is 1. The van der Waals surface area contributed by atoms with Crippen LogP contribution < -0.4 is 16.6 Å². The number of nitrogen functional groups attached to an aromatic ring is 1. The van der Waals surface area contributed by atoms with Crippen LogP contribution in [0.5, 0.6) is 0 Å². The predicted molar refractivity (Wildman–Crippen MR) is 86.4 cm³/mol. The van der Waals surface area contributed by atoms with Gasteiger partial charge in [0.2, 0.25) is 0 Å². The van der Waals surface area contributed by atoms with E-state index in [1.807, 2.05) is 0 Å². The van der Waals surface area contributed by atoms with Crippen molar-refractivity contribution in [2.45, 2.75) is 39.8 Å². The molecule has 1 amide bonds. The van der Waals surface area contributed by atoms with E-state index in [-0.39, 0.29) is 11.1 Å². The molecule has 0 saturated carbocycles.